The first-order valence-electron chi connectivity index (χ1n) is 4.39. The van der Waals surface area contributed by atoms with Gasteiger partial charge < -0.3 is 4.84 Å². The van der Waals surface area contributed by atoms with E-state index in [-0.39, 0.29) is 0 Å². The van der Waals surface area contributed by atoms with Gasteiger partial charge in [0.05, 0.1) is 14.3 Å². The second-order valence-electron chi connectivity index (χ2n) is 3.29. The molecule has 2 N–H and O–H groups in total. The lowest BCUT2D eigenvalue weighted by Gasteiger charge is -2.26. The average molecular weight is 197 g/mol. The van der Waals surface area contributed by atoms with Crippen molar-refractivity contribution < 1.29 is 4.84 Å². The molecule has 0 heterocycles. The van der Waals surface area contributed by atoms with E-state index in [0.717, 1.165) is 18.1 Å². The molecular formula is C10H19NOSi. The monoisotopic (exact) mass is 197 g/mol. The molecule has 0 amide bonds. The van der Waals surface area contributed by atoms with Gasteiger partial charge in [0.15, 0.2) is 0 Å². The second-order valence-corrected chi connectivity index (χ2v) is 7.80. The largest absolute Gasteiger partial charge is 0.308 e. The molecule has 13 heavy (non-hydrogen) atoms. The fraction of sp³-hybridized carbons (Fsp3) is 0.400. The van der Waals surface area contributed by atoms with E-state index in [1.807, 2.05) is 18.2 Å². The van der Waals surface area contributed by atoms with E-state index in [9.17, 15) is 0 Å². The lowest BCUT2D eigenvalue weighted by molar-refractivity contribution is 0.178. The van der Waals surface area contributed by atoms with Crippen LogP contribution in [0.5, 0.6) is 0 Å². The zero-order chi connectivity index (χ0) is 10.2. The minimum atomic E-state index is -1.50. The molecule has 0 bridgehead atoms. The molecule has 0 aromatic rings. The van der Waals surface area contributed by atoms with E-state index in [1.165, 1.54) is 0 Å². The van der Waals surface area contributed by atoms with E-state index >= 15 is 0 Å². The van der Waals surface area contributed by atoms with Gasteiger partial charge >= 0.3 is 0 Å². The number of rotatable bonds is 8. The first kappa shape index (κ1) is 12.4. The summed E-state index contributed by atoms with van der Waals surface area (Å²) < 4.78 is 0. The molecule has 0 aromatic heterocycles. The Labute approximate surface area is 81.7 Å². The van der Waals surface area contributed by atoms with Crippen LogP contribution in [0.25, 0.3) is 0 Å². The summed E-state index contributed by atoms with van der Waals surface area (Å²) in [6.45, 7) is 11.3. The molecular weight excluding hydrogens is 178 g/mol. The molecule has 0 spiro atoms. The van der Waals surface area contributed by atoms with Crippen LogP contribution in [0.4, 0.5) is 0 Å². The van der Waals surface area contributed by atoms with Gasteiger partial charge in [0, 0.05) is 0 Å². The molecule has 0 saturated heterocycles. The Balaban J connectivity index is 4.44. The third-order valence-electron chi connectivity index (χ3n) is 2.12. The smallest absolute Gasteiger partial charge is 0.0974 e. The van der Waals surface area contributed by atoms with Crippen LogP contribution in [0.1, 0.15) is 0 Å². The lowest BCUT2D eigenvalue weighted by atomic mass is 10.7. The van der Waals surface area contributed by atoms with Crippen molar-refractivity contribution in [3.63, 3.8) is 0 Å². The number of nitrogens with two attached hydrogens (primary N) is 1. The van der Waals surface area contributed by atoms with Crippen molar-refractivity contribution in [2.45, 2.75) is 18.1 Å². The van der Waals surface area contributed by atoms with Crippen LogP contribution < -0.4 is 5.90 Å². The molecule has 0 saturated carbocycles. The van der Waals surface area contributed by atoms with Gasteiger partial charge in [0.25, 0.3) is 0 Å². The van der Waals surface area contributed by atoms with E-state index in [1.54, 1.807) is 0 Å². The maximum Gasteiger partial charge on any atom is 0.0974 e. The Morgan fingerprint density at radius 3 is 1.62 bits per heavy atom. The molecule has 0 fully saturated rings. The predicted octanol–water partition coefficient (Wildman–Crippen LogP) is 2.42. The first-order chi connectivity index (χ1) is 6.24. The van der Waals surface area contributed by atoms with E-state index in [2.05, 4.69) is 19.7 Å². The van der Waals surface area contributed by atoms with Crippen LogP contribution in [-0.2, 0) is 4.84 Å². The Bertz CT molecular complexity index is 153. The lowest BCUT2D eigenvalue weighted by Crippen LogP contribution is -2.39. The fourth-order valence-electron chi connectivity index (χ4n) is 1.52. The highest BCUT2D eigenvalue weighted by atomic mass is 28.3. The minimum Gasteiger partial charge on any atom is -0.308 e. The van der Waals surface area contributed by atoms with E-state index in [4.69, 9.17) is 10.7 Å². The molecule has 0 unspecified atom stereocenters. The molecule has 74 valence electrons. The predicted molar refractivity (Wildman–Crippen MR) is 60.9 cm³/mol. The van der Waals surface area contributed by atoms with E-state index < -0.39 is 8.07 Å². The van der Waals surface area contributed by atoms with Gasteiger partial charge in [-0.15, -0.1) is 19.7 Å². The topological polar surface area (TPSA) is 35.2 Å². The van der Waals surface area contributed by atoms with Crippen molar-refractivity contribution in [3.05, 3.63) is 38.0 Å². The number of allylic oxidation sites excluding steroid dienone is 3. The van der Waals surface area contributed by atoms with Crippen molar-refractivity contribution in [2.24, 2.45) is 5.90 Å². The highest BCUT2D eigenvalue weighted by molar-refractivity contribution is 6.81. The van der Waals surface area contributed by atoms with Crippen LogP contribution in [0.15, 0.2) is 38.0 Å². The van der Waals surface area contributed by atoms with Gasteiger partial charge in [-0.1, -0.05) is 18.2 Å². The van der Waals surface area contributed by atoms with Crippen LogP contribution in [0, 0.1) is 0 Å². The molecule has 0 atom stereocenters. The molecule has 0 aliphatic carbocycles. The van der Waals surface area contributed by atoms with Crippen LogP contribution in [0.3, 0.4) is 0 Å². The summed E-state index contributed by atoms with van der Waals surface area (Å²) in [5, 5.41) is 0. The first-order valence-corrected chi connectivity index (χ1v) is 7.22. The van der Waals surface area contributed by atoms with Crippen molar-refractivity contribution >= 4 is 8.07 Å². The third kappa shape index (κ3) is 4.22. The summed E-state index contributed by atoms with van der Waals surface area (Å²) in [7, 11) is -1.50. The molecule has 0 radical (unpaired) electrons. The van der Waals surface area contributed by atoms with Crippen molar-refractivity contribution in [2.75, 3.05) is 6.23 Å². The Morgan fingerprint density at radius 2 is 1.38 bits per heavy atom. The summed E-state index contributed by atoms with van der Waals surface area (Å²) in [6.07, 6.45) is 6.48. The van der Waals surface area contributed by atoms with Crippen LogP contribution >= 0.6 is 0 Å². The summed E-state index contributed by atoms with van der Waals surface area (Å²) in [4.78, 5) is 4.78. The third-order valence-corrected chi connectivity index (χ3v) is 6.36. The highest BCUT2D eigenvalue weighted by Crippen LogP contribution is 2.22. The van der Waals surface area contributed by atoms with E-state index in [0.29, 0.717) is 6.23 Å². The quantitative estimate of drug-likeness (QED) is 0.368. The molecule has 3 heteroatoms. The highest BCUT2D eigenvalue weighted by Gasteiger charge is 2.29. The standard InChI is InChI=1S/C10H19NOSi/c1-4-7-13(8-5-2,9-6-3)10-12-11/h4-6H,1-3,7-11H2. The Kier molecular flexibility index (Phi) is 6.49. The summed E-state index contributed by atoms with van der Waals surface area (Å²) >= 11 is 0. The molecule has 0 rings (SSSR count). The zero-order valence-electron chi connectivity index (χ0n) is 8.17. The second kappa shape index (κ2) is 6.83. The van der Waals surface area contributed by atoms with Crippen molar-refractivity contribution in [1.82, 2.24) is 0 Å². The van der Waals surface area contributed by atoms with Crippen LogP contribution in [0.2, 0.25) is 18.1 Å². The Morgan fingerprint density at radius 1 is 1.00 bits per heavy atom. The minimum absolute atomic E-state index is 0.650. The maximum absolute atomic E-state index is 5.14. The van der Waals surface area contributed by atoms with Gasteiger partial charge in [-0.05, 0) is 18.1 Å². The number of hydrogen-bond donors (Lipinski definition) is 1. The van der Waals surface area contributed by atoms with Crippen molar-refractivity contribution in [3.8, 4) is 0 Å². The summed E-state index contributed by atoms with van der Waals surface area (Å²) in [5.74, 6) is 5.14. The van der Waals surface area contributed by atoms with Gasteiger partial charge in [-0.25, -0.2) is 5.90 Å². The average Bonchev–Trinajstić information content (AvgIpc) is 2.06. The van der Waals surface area contributed by atoms with Gasteiger partial charge in [0.2, 0.25) is 0 Å². The Hall–Kier alpha value is -0.643. The summed E-state index contributed by atoms with van der Waals surface area (Å²) in [6, 6.07) is 3.01. The van der Waals surface area contributed by atoms with Gasteiger partial charge in [-0.2, -0.15) is 0 Å². The molecule has 2 nitrogen and oxygen atoms in total. The zero-order valence-corrected chi connectivity index (χ0v) is 9.17. The van der Waals surface area contributed by atoms with Crippen LogP contribution in [-0.4, -0.2) is 14.3 Å². The maximum atomic E-state index is 5.14. The molecule has 0 aliphatic rings. The molecule has 0 aromatic carbocycles. The normalized spacial score (nSPS) is 10.8. The SMILES string of the molecule is C=CC[Si](CC=C)(CC=C)CON. The van der Waals surface area contributed by atoms with Crippen molar-refractivity contribution in [1.29, 1.82) is 0 Å². The van der Waals surface area contributed by atoms with Gasteiger partial charge in [0.1, 0.15) is 0 Å². The summed E-state index contributed by atoms with van der Waals surface area (Å²) in [5.41, 5.74) is 0. The number of hydrogen-bond acceptors (Lipinski definition) is 2. The molecule has 0 aliphatic heterocycles. The van der Waals surface area contributed by atoms with Gasteiger partial charge in [-0.3, -0.25) is 0 Å². The fourth-order valence-corrected chi connectivity index (χ4v) is 4.57.